The fourth-order valence-electron chi connectivity index (χ4n) is 2.99. The highest BCUT2D eigenvalue weighted by Gasteiger charge is 2.46. The average Bonchev–Trinajstić information content (AvgIpc) is 2.33. The van der Waals surface area contributed by atoms with Gasteiger partial charge in [0.2, 0.25) is 0 Å². The molecule has 2 heteroatoms. The molecule has 0 aliphatic heterocycles. The van der Waals surface area contributed by atoms with Crippen LogP contribution in [0, 0.1) is 17.7 Å². The largest absolute Gasteiger partial charge is 0.316 e. The van der Waals surface area contributed by atoms with Gasteiger partial charge in [0, 0.05) is 12.0 Å². The summed E-state index contributed by atoms with van der Waals surface area (Å²) in [6.07, 6.45) is 2.30. The molecule has 100 valence electrons. The molecule has 0 heterocycles. The van der Waals surface area contributed by atoms with E-state index in [0.29, 0.717) is 11.8 Å². The highest BCUT2D eigenvalue weighted by atomic mass is 19.1. The molecule has 1 saturated carbocycles. The van der Waals surface area contributed by atoms with Crippen LogP contribution in [0.25, 0.3) is 0 Å². The molecule has 1 aromatic carbocycles. The monoisotopic (exact) mass is 249 g/mol. The Morgan fingerprint density at radius 3 is 2.61 bits per heavy atom. The van der Waals surface area contributed by atoms with Crippen molar-refractivity contribution in [1.82, 2.24) is 5.32 Å². The van der Waals surface area contributed by atoms with Crippen molar-refractivity contribution in [2.75, 3.05) is 13.1 Å². The Hall–Kier alpha value is -0.890. The molecule has 0 bridgehead atoms. The van der Waals surface area contributed by atoms with Gasteiger partial charge in [0.25, 0.3) is 0 Å². The average molecular weight is 249 g/mol. The van der Waals surface area contributed by atoms with Crippen molar-refractivity contribution in [3.63, 3.8) is 0 Å². The van der Waals surface area contributed by atoms with Crippen molar-refractivity contribution in [3.8, 4) is 0 Å². The minimum absolute atomic E-state index is 0.0141. The van der Waals surface area contributed by atoms with Crippen LogP contribution in [0.2, 0.25) is 0 Å². The Morgan fingerprint density at radius 2 is 2.11 bits per heavy atom. The molecule has 18 heavy (non-hydrogen) atoms. The molecule has 0 saturated heterocycles. The number of halogens is 1. The van der Waals surface area contributed by atoms with Crippen LogP contribution in [-0.4, -0.2) is 13.1 Å². The third kappa shape index (κ3) is 2.44. The Kier molecular flexibility index (Phi) is 4.06. The number of hydrogen-bond acceptors (Lipinski definition) is 1. The Morgan fingerprint density at radius 1 is 1.39 bits per heavy atom. The van der Waals surface area contributed by atoms with Crippen LogP contribution in [0.15, 0.2) is 24.3 Å². The molecule has 1 aromatic rings. The maximum absolute atomic E-state index is 14.0. The van der Waals surface area contributed by atoms with Crippen LogP contribution in [0.4, 0.5) is 4.39 Å². The lowest BCUT2D eigenvalue weighted by Gasteiger charge is -2.49. The molecule has 2 unspecified atom stereocenters. The molecular formula is C16H24FN. The number of benzene rings is 1. The van der Waals surface area contributed by atoms with Gasteiger partial charge in [-0.15, -0.1) is 0 Å². The summed E-state index contributed by atoms with van der Waals surface area (Å²) in [6.45, 7) is 8.54. The van der Waals surface area contributed by atoms with Gasteiger partial charge in [0.05, 0.1) is 0 Å². The van der Waals surface area contributed by atoms with E-state index in [0.717, 1.165) is 25.1 Å². The second-order valence-corrected chi connectivity index (χ2v) is 6.10. The highest BCUT2D eigenvalue weighted by molar-refractivity contribution is 5.31. The van der Waals surface area contributed by atoms with E-state index in [1.807, 2.05) is 12.1 Å². The van der Waals surface area contributed by atoms with Gasteiger partial charge in [0.15, 0.2) is 0 Å². The van der Waals surface area contributed by atoms with E-state index in [1.54, 1.807) is 12.1 Å². The van der Waals surface area contributed by atoms with Crippen molar-refractivity contribution in [1.29, 1.82) is 0 Å². The summed E-state index contributed by atoms with van der Waals surface area (Å²) < 4.78 is 14.0. The molecule has 1 nitrogen and oxygen atoms in total. The van der Waals surface area contributed by atoms with E-state index >= 15 is 0 Å². The number of hydrogen-bond donors (Lipinski definition) is 1. The lowest BCUT2D eigenvalue weighted by atomic mass is 9.57. The summed E-state index contributed by atoms with van der Waals surface area (Å²) in [5.74, 6) is 1.16. The van der Waals surface area contributed by atoms with E-state index in [2.05, 4.69) is 26.1 Å². The van der Waals surface area contributed by atoms with Gasteiger partial charge in [-0.25, -0.2) is 4.39 Å². The fourth-order valence-corrected chi connectivity index (χ4v) is 2.99. The van der Waals surface area contributed by atoms with Crippen LogP contribution in [0.1, 0.15) is 39.2 Å². The molecule has 0 amide bonds. The highest BCUT2D eigenvalue weighted by Crippen LogP contribution is 2.48. The quantitative estimate of drug-likeness (QED) is 0.838. The lowest BCUT2D eigenvalue weighted by molar-refractivity contribution is 0.128. The van der Waals surface area contributed by atoms with Gasteiger partial charge in [-0.05, 0) is 42.9 Å². The van der Waals surface area contributed by atoms with E-state index in [1.165, 1.54) is 6.42 Å². The minimum atomic E-state index is -0.0459. The third-order valence-electron chi connectivity index (χ3n) is 4.37. The van der Waals surface area contributed by atoms with E-state index in [9.17, 15) is 4.39 Å². The molecule has 0 aromatic heterocycles. The molecule has 1 aliphatic carbocycles. The third-order valence-corrected chi connectivity index (χ3v) is 4.37. The minimum Gasteiger partial charge on any atom is -0.316 e. The van der Waals surface area contributed by atoms with E-state index in [4.69, 9.17) is 0 Å². The van der Waals surface area contributed by atoms with Gasteiger partial charge >= 0.3 is 0 Å². The standard InChI is InChI=1S/C16H24FN/c1-12(2)10-18-11-16(9-8-13(16)3)14-6-4-5-7-15(14)17/h4-7,12-13,18H,8-11H2,1-3H3. The zero-order valence-corrected chi connectivity index (χ0v) is 11.7. The van der Waals surface area contributed by atoms with Gasteiger partial charge in [-0.3, -0.25) is 0 Å². The van der Waals surface area contributed by atoms with Crippen LogP contribution < -0.4 is 5.32 Å². The first-order chi connectivity index (χ1) is 8.56. The van der Waals surface area contributed by atoms with Gasteiger partial charge < -0.3 is 5.32 Å². The summed E-state index contributed by atoms with van der Waals surface area (Å²) >= 11 is 0. The SMILES string of the molecule is CC(C)CNCC1(c2ccccc2F)CCC1C. The van der Waals surface area contributed by atoms with Crippen molar-refractivity contribution in [2.24, 2.45) is 11.8 Å². The molecule has 0 spiro atoms. The fraction of sp³-hybridized carbons (Fsp3) is 0.625. The topological polar surface area (TPSA) is 12.0 Å². The first-order valence-corrected chi connectivity index (χ1v) is 7.02. The molecular weight excluding hydrogens is 225 g/mol. The van der Waals surface area contributed by atoms with Crippen molar-refractivity contribution in [2.45, 2.75) is 39.0 Å². The van der Waals surface area contributed by atoms with Crippen LogP contribution in [0.5, 0.6) is 0 Å². The molecule has 1 N–H and O–H groups in total. The maximum atomic E-state index is 14.0. The predicted molar refractivity (Wildman–Crippen MR) is 74.2 cm³/mol. The lowest BCUT2D eigenvalue weighted by Crippen LogP contribution is -2.51. The van der Waals surface area contributed by atoms with Gasteiger partial charge in [-0.2, -0.15) is 0 Å². The number of rotatable bonds is 5. The number of nitrogens with one attached hydrogen (secondary N) is 1. The normalized spacial score (nSPS) is 27.3. The predicted octanol–water partition coefficient (Wildman–Crippen LogP) is 3.74. The molecule has 2 atom stereocenters. The summed E-state index contributed by atoms with van der Waals surface area (Å²) in [4.78, 5) is 0. The summed E-state index contributed by atoms with van der Waals surface area (Å²) in [5.41, 5.74) is 0.917. The van der Waals surface area contributed by atoms with Crippen LogP contribution in [-0.2, 0) is 5.41 Å². The molecule has 1 aliphatic rings. The van der Waals surface area contributed by atoms with E-state index < -0.39 is 0 Å². The van der Waals surface area contributed by atoms with Crippen LogP contribution >= 0.6 is 0 Å². The van der Waals surface area contributed by atoms with Crippen molar-refractivity contribution >= 4 is 0 Å². The molecule has 1 fully saturated rings. The zero-order chi connectivity index (χ0) is 13.2. The summed E-state index contributed by atoms with van der Waals surface area (Å²) in [5, 5.41) is 3.52. The molecule has 2 rings (SSSR count). The van der Waals surface area contributed by atoms with Crippen LogP contribution in [0.3, 0.4) is 0 Å². The van der Waals surface area contributed by atoms with Crippen molar-refractivity contribution < 1.29 is 4.39 Å². The maximum Gasteiger partial charge on any atom is 0.127 e. The second kappa shape index (κ2) is 5.40. The smallest absolute Gasteiger partial charge is 0.127 e. The van der Waals surface area contributed by atoms with Crippen molar-refractivity contribution in [3.05, 3.63) is 35.6 Å². The Balaban J connectivity index is 2.15. The molecule has 0 radical (unpaired) electrons. The first-order valence-electron chi connectivity index (χ1n) is 7.02. The first kappa shape index (κ1) is 13.5. The Bertz CT molecular complexity index is 402. The zero-order valence-electron chi connectivity index (χ0n) is 11.7. The second-order valence-electron chi connectivity index (χ2n) is 6.10. The van der Waals surface area contributed by atoms with Gasteiger partial charge in [-0.1, -0.05) is 39.0 Å². The summed E-state index contributed by atoms with van der Waals surface area (Å²) in [6, 6.07) is 7.28. The summed E-state index contributed by atoms with van der Waals surface area (Å²) in [7, 11) is 0. The van der Waals surface area contributed by atoms with Gasteiger partial charge in [0.1, 0.15) is 5.82 Å². The Labute approximate surface area is 110 Å². The van der Waals surface area contributed by atoms with E-state index in [-0.39, 0.29) is 11.2 Å².